The van der Waals surface area contributed by atoms with E-state index in [0.717, 1.165) is 12.1 Å². The van der Waals surface area contributed by atoms with Gasteiger partial charge in [-0.1, -0.05) is 0 Å². The number of hydrogen-bond donors (Lipinski definition) is 1. The predicted molar refractivity (Wildman–Crippen MR) is 84.8 cm³/mol. The SMILES string of the molecule is CN(CCN1CCOCC1=O)c1cc(OC(F)F)c(N)cc1[N+](=O)[O-]. The molecule has 0 unspecified atom stereocenters. The van der Waals surface area contributed by atoms with E-state index < -0.39 is 11.5 Å². The van der Waals surface area contributed by atoms with Crippen LogP contribution >= 0.6 is 0 Å². The van der Waals surface area contributed by atoms with Crippen molar-refractivity contribution < 1.29 is 28.0 Å². The lowest BCUT2D eigenvalue weighted by Gasteiger charge is -2.29. The second-order valence-electron chi connectivity index (χ2n) is 5.37. The van der Waals surface area contributed by atoms with Gasteiger partial charge in [0, 0.05) is 38.8 Å². The molecule has 11 heteroatoms. The third-order valence-corrected chi connectivity index (χ3v) is 3.72. The zero-order valence-electron chi connectivity index (χ0n) is 13.5. The number of alkyl halides is 2. The van der Waals surface area contributed by atoms with Crippen LogP contribution in [0.5, 0.6) is 5.75 Å². The van der Waals surface area contributed by atoms with Crippen molar-refractivity contribution in [1.82, 2.24) is 4.90 Å². The van der Waals surface area contributed by atoms with Crippen LogP contribution in [0.15, 0.2) is 12.1 Å². The Morgan fingerprint density at radius 3 is 2.84 bits per heavy atom. The standard InChI is InChI=1S/C14H18F2N4O5/c1-18(2-3-19-4-5-24-8-13(19)21)10-7-12(25-14(15)16)9(17)6-11(10)20(22)23/h6-7,14H,2-5,8,17H2,1H3. The molecule has 1 aliphatic heterocycles. The van der Waals surface area contributed by atoms with Gasteiger partial charge in [-0.3, -0.25) is 14.9 Å². The molecule has 0 radical (unpaired) electrons. The zero-order valence-corrected chi connectivity index (χ0v) is 13.5. The van der Waals surface area contributed by atoms with Crippen molar-refractivity contribution >= 4 is 23.0 Å². The number of rotatable bonds is 7. The van der Waals surface area contributed by atoms with Gasteiger partial charge in [0.1, 0.15) is 12.3 Å². The van der Waals surface area contributed by atoms with Crippen molar-refractivity contribution in [2.75, 3.05) is 50.5 Å². The van der Waals surface area contributed by atoms with E-state index in [-0.39, 0.29) is 41.9 Å². The van der Waals surface area contributed by atoms with E-state index in [1.54, 1.807) is 11.9 Å². The number of morpholine rings is 1. The fourth-order valence-electron chi connectivity index (χ4n) is 2.40. The summed E-state index contributed by atoms with van der Waals surface area (Å²) in [5.41, 5.74) is 5.01. The quantitative estimate of drug-likeness (QED) is 0.440. The number of nitrogen functional groups attached to an aromatic ring is 1. The number of likely N-dealkylation sites (N-methyl/N-ethyl adjacent to an activating group) is 1. The summed E-state index contributed by atoms with van der Waals surface area (Å²) in [4.78, 5) is 25.3. The van der Waals surface area contributed by atoms with Crippen LogP contribution in [0.25, 0.3) is 0 Å². The molecule has 1 aromatic rings. The van der Waals surface area contributed by atoms with Crippen LogP contribution in [0.2, 0.25) is 0 Å². The van der Waals surface area contributed by atoms with Gasteiger partial charge in [-0.05, 0) is 0 Å². The fourth-order valence-corrected chi connectivity index (χ4v) is 2.40. The van der Waals surface area contributed by atoms with Gasteiger partial charge in [0.25, 0.3) is 5.69 Å². The van der Waals surface area contributed by atoms with Gasteiger partial charge in [0.2, 0.25) is 5.91 Å². The van der Waals surface area contributed by atoms with Gasteiger partial charge in [-0.25, -0.2) is 0 Å². The molecule has 1 amide bonds. The summed E-state index contributed by atoms with van der Waals surface area (Å²) in [6, 6.07) is 2.07. The summed E-state index contributed by atoms with van der Waals surface area (Å²) in [7, 11) is 1.55. The van der Waals surface area contributed by atoms with Gasteiger partial charge < -0.3 is 25.0 Å². The van der Waals surface area contributed by atoms with Crippen LogP contribution in [0.3, 0.4) is 0 Å². The Bertz CT molecular complexity index is 658. The number of hydrogen-bond acceptors (Lipinski definition) is 7. The van der Waals surface area contributed by atoms with Crippen LogP contribution in [0.1, 0.15) is 0 Å². The third kappa shape index (κ3) is 4.66. The number of nitro benzene ring substituents is 1. The lowest BCUT2D eigenvalue weighted by molar-refractivity contribution is -0.384. The zero-order chi connectivity index (χ0) is 18.6. The number of nitrogens with zero attached hydrogens (tertiary/aromatic N) is 3. The summed E-state index contributed by atoms with van der Waals surface area (Å²) in [5, 5.41) is 11.2. The summed E-state index contributed by atoms with van der Waals surface area (Å²) in [5.74, 6) is -0.516. The molecule has 138 valence electrons. The average molecular weight is 360 g/mol. The summed E-state index contributed by atoms with van der Waals surface area (Å²) >= 11 is 0. The van der Waals surface area contributed by atoms with Crippen molar-refractivity contribution in [3.8, 4) is 5.75 Å². The molecule has 0 saturated carbocycles. The fraction of sp³-hybridized carbons (Fsp3) is 0.500. The highest BCUT2D eigenvalue weighted by molar-refractivity contribution is 5.78. The lowest BCUT2D eigenvalue weighted by Crippen LogP contribution is -2.44. The van der Waals surface area contributed by atoms with E-state index in [4.69, 9.17) is 10.5 Å². The number of carbonyl (C=O) groups excluding carboxylic acids is 1. The first-order valence-electron chi connectivity index (χ1n) is 7.39. The normalized spacial score (nSPS) is 14.7. The monoisotopic (exact) mass is 360 g/mol. The molecule has 0 aliphatic carbocycles. The molecule has 1 fully saturated rings. The van der Waals surface area contributed by atoms with Crippen molar-refractivity contribution in [3.63, 3.8) is 0 Å². The Morgan fingerprint density at radius 1 is 1.52 bits per heavy atom. The molecular weight excluding hydrogens is 342 g/mol. The Labute approximate surface area is 142 Å². The average Bonchev–Trinajstić information content (AvgIpc) is 2.54. The summed E-state index contributed by atoms with van der Waals surface area (Å²) in [6.45, 7) is -1.69. The third-order valence-electron chi connectivity index (χ3n) is 3.72. The first-order valence-corrected chi connectivity index (χ1v) is 7.39. The maximum Gasteiger partial charge on any atom is 0.387 e. The topological polar surface area (TPSA) is 111 Å². The Hall–Kier alpha value is -2.69. The maximum atomic E-state index is 12.4. The van der Waals surface area contributed by atoms with E-state index in [1.807, 2.05) is 0 Å². The van der Waals surface area contributed by atoms with Gasteiger partial charge in [-0.15, -0.1) is 0 Å². The molecule has 2 rings (SSSR count). The molecule has 0 aromatic heterocycles. The summed E-state index contributed by atoms with van der Waals surface area (Å²) < 4.78 is 34.2. The molecule has 0 bridgehead atoms. The molecule has 25 heavy (non-hydrogen) atoms. The van der Waals surface area contributed by atoms with Crippen molar-refractivity contribution in [2.45, 2.75) is 6.61 Å². The molecule has 2 N–H and O–H groups in total. The molecule has 1 aliphatic rings. The highest BCUT2D eigenvalue weighted by atomic mass is 19.3. The van der Waals surface area contributed by atoms with E-state index in [0.29, 0.717) is 19.7 Å². The largest absolute Gasteiger partial charge is 0.433 e. The van der Waals surface area contributed by atoms with Crippen LogP contribution in [-0.2, 0) is 9.53 Å². The van der Waals surface area contributed by atoms with E-state index in [1.165, 1.54) is 4.90 Å². The lowest BCUT2D eigenvalue weighted by atomic mass is 10.2. The maximum absolute atomic E-state index is 12.4. The number of halogens is 2. The summed E-state index contributed by atoms with van der Waals surface area (Å²) in [6.07, 6.45) is 0. The Balaban J connectivity index is 2.19. The number of nitro groups is 1. The van der Waals surface area contributed by atoms with Gasteiger partial charge in [0.15, 0.2) is 5.75 Å². The van der Waals surface area contributed by atoms with Crippen molar-refractivity contribution in [1.29, 1.82) is 0 Å². The minimum atomic E-state index is -3.10. The second-order valence-corrected chi connectivity index (χ2v) is 5.37. The van der Waals surface area contributed by atoms with Gasteiger partial charge in [-0.2, -0.15) is 8.78 Å². The number of ether oxygens (including phenoxy) is 2. The van der Waals surface area contributed by atoms with Crippen LogP contribution < -0.4 is 15.4 Å². The smallest absolute Gasteiger partial charge is 0.387 e. The Kier molecular flexibility index (Phi) is 5.91. The minimum absolute atomic E-state index is 0.00188. The number of benzene rings is 1. The van der Waals surface area contributed by atoms with E-state index in [2.05, 4.69) is 4.74 Å². The van der Waals surface area contributed by atoms with Crippen molar-refractivity contribution in [2.24, 2.45) is 0 Å². The number of amides is 1. The minimum Gasteiger partial charge on any atom is -0.433 e. The highest BCUT2D eigenvalue weighted by Crippen LogP contribution is 2.37. The molecular formula is C14H18F2N4O5. The molecule has 1 saturated heterocycles. The molecule has 1 heterocycles. The van der Waals surface area contributed by atoms with Crippen LogP contribution in [0, 0.1) is 10.1 Å². The number of carbonyl (C=O) groups is 1. The number of nitrogens with two attached hydrogens (primary N) is 1. The molecule has 0 spiro atoms. The van der Waals surface area contributed by atoms with Gasteiger partial charge in [0.05, 0.1) is 17.2 Å². The van der Waals surface area contributed by atoms with E-state index >= 15 is 0 Å². The number of anilines is 2. The van der Waals surface area contributed by atoms with Gasteiger partial charge >= 0.3 is 6.61 Å². The molecule has 1 aromatic carbocycles. The first kappa shape index (κ1) is 18.6. The first-order chi connectivity index (χ1) is 11.8. The van der Waals surface area contributed by atoms with Crippen LogP contribution in [0.4, 0.5) is 25.8 Å². The second kappa shape index (κ2) is 7.92. The van der Waals surface area contributed by atoms with Crippen molar-refractivity contribution in [3.05, 3.63) is 22.2 Å². The molecule has 0 atom stereocenters. The highest BCUT2D eigenvalue weighted by Gasteiger charge is 2.24. The predicted octanol–water partition coefficient (Wildman–Crippen LogP) is 1.07. The Morgan fingerprint density at radius 2 is 2.24 bits per heavy atom. The van der Waals surface area contributed by atoms with Crippen LogP contribution in [-0.4, -0.2) is 62.2 Å². The molecule has 9 nitrogen and oxygen atoms in total. The van der Waals surface area contributed by atoms with E-state index in [9.17, 15) is 23.7 Å².